The first-order valence-corrected chi connectivity index (χ1v) is 7.93. The maximum absolute atomic E-state index is 12.1. The van der Waals surface area contributed by atoms with E-state index in [0.717, 1.165) is 5.56 Å². The summed E-state index contributed by atoms with van der Waals surface area (Å²) in [6.45, 7) is 0.610. The van der Waals surface area contributed by atoms with Gasteiger partial charge in [-0.1, -0.05) is 47.6 Å². The summed E-state index contributed by atoms with van der Waals surface area (Å²) >= 11 is 0. The fourth-order valence-corrected chi connectivity index (χ4v) is 2.37. The van der Waals surface area contributed by atoms with E-state index in [2.05, 4.69) is 15.8 Å². The lowest BCUT2D eigenvalue weighted by atomic mass is 10.1. The lowest BCUT2D eigenvalue weighted by Gasteiger charge is -2.07. The minimum absolute atomic E-state index is 0.0113. The van der Waals surface area contributed by atoms with Gasteiger partial charge in [-0.15, -0.1) is 0 Å². The van der Waals surface area contributed by atoms with Crippen LogP contribution in [-0.4, -0.2) is 29.1 Å². The molecule has 8 heteroatoms. The first-order valence-electron chi connectivity index (χ1n) is 7.93. The van der Waals surface area contributed by atoms with Crippen molar-refractivity contribution in [3.63, 3.8) is 0 Å². The smallest absolute Gasteiger partial charge is 0.292 e. The molecule has 0 fully saturated rings. The Morgan fingerprint density at radius 1 is 1.08 bits per heavy atom. The summed E-state index contributed by atoms with van der Waals surface area (Å²) in [5, 5.41) is 20.3. The van der Waals surface area contributed by atoms with Crippen LogP contribution in [0.5, 0.6) is 0 Å². The molecule has 2 N–H and O–H groups in total. The fourth-order valence-electron chi connectivity index (χ4n) is 2.37. The average molecular weight is 352 g/mol. The van der Waals surface area contributed by atoms with Crippen LogP contribution in [0, 0.1) is 10.1 Å². The van der Waals surface area contributed by atoms with Gasteiger partial charge in [-0.3, -0.25) is 14.9 Å². The summed E-state index contributed by atoms with van der Waals surface area (Å²) in [4.78, 5) is 22.6. The summed E-state index contributed by atoms with van der Waals surface area (Å²) in [5.41, 5.74) is 1.40. The van der Waals surface area contributed by atoms with Crippen molar-refractivity contribution in [2.75, 3.05) is 18.4 Å². The standard InChI is InChI=1S/C18H16N4O4/c23-18(15-12-17(26-21-15)13-6-2-1-3-7-13)20-11-10-19-14-8-4-5-9-16(14)22(24)25/h1-9,12,19H,10-11H2,(H,20,23). The zero-order valence-electron chi connectivity index (χ0n) is 13.7. The Morgan fingerprint density at radius 2 is 1.81 bits per heavy atom. The van der Waals surface area contributed by atoms with Crippen LogP contribution in [0.15, 0.2) is 65.2 Å². The van der Waals surface area contributed by atoms with E-state index in [1.165, 1.54) is 6.07 Å². The van der Waals surface area contributed by atoms with Crippen molar-refractivity contribution >= 4 is 17.3 Å². The molecule has 8 nitrogen and oxygen atoms in total. The summed E-state index contributed by atoms with van der Waals surface area (Å²) < 4.78 is 5.19. The molecule has 0 saturated carbocycles. The number of rotatable bonds is 7. The van der Waals surface area contributed by atoms with Gasteiger partial charge < -0.3 is 15.2 Å². The molecule has 0 aliphatic rings. The summed E-state index contributed by atoms with van der Waals surface area (Å²) in [7, 11) is 0. The van der Waals surface area contributed by atoms with Gasteiger partial charge in [0, 0.05) is 30.8 Å². The minimum atomic E-state index is -0.457. The van der Waals surface area contributed by atoms with Crippen LogP contribution >= 0.6 is 0 Å². The summed E-state index contributed by atoms with van der Waals surface area (Å²) in [6.07, 6.45) is 0. The van der Waals surface area contributed by atoms with E-state index >= 15 is 0 Å². The van der Waals surface area contributed by atoms with Gasteiger partial charge in [0.25, 0.3) is 11.6 Å². The van der Waals surface area contributed by atoms with E-state index in [1.54, 1.807) is 24.3 Å². The van der Waals surface area contributed by atoms with E-state index in [1.807, 2.05) is 30.3 Å². The third kappa shape index (κ3) is 4.04. The van der Waals surface area contributed by atoms with Gasteiger partial charge >= 0.3 is 0 Å². The zero-order valence-corrected chi connectivity index (χ0v) is 13.7. The third-order valence-corrected chi connectivity index (χ3v) is 3.63. The number of nitrogens with one attached hydrogen (secondary N) is 2. The topological polar surface area (TPSA) is 110 Å². The third-order valence-electron chi connectivity index (χ3n) is 3.63. The number of nitro groups is 1. The number of nitro benzene ring substituents is 1. The van der Waals surface area contributed by atoms with Gasteiger partial charge in [-0.2, -0.15) is 0 Å². The molecule has 3 rings (SSSR count). The number of para-hydroxylation sites is 2. The van der Waals surface area contributed by atoms with Gasteiger partial charge in [-0.05, 0) is 6.07 Å². The van der Waals surface area contributed by atoms with Crippen molar-refractivity contribution in [1.82, 2.24) is 10.5 Å². The van der Waals surface area contributed by atoms with Crippen molar-refractivity contribution in [3.8, 4) is 11.3 Å². The van der Waals surface area contributed by atoms with Crippen LogP contribution in [0.25, 0.3) is 11.3 Å². The number of carbonyl (C=O) groups is 1. The Kier molecular flexibility index (Phi) is 5.23. The van der Waals surface area contributed by atoms with Crippen LogP contribution in [0.4, 0.5) is 11.4 Å². The van der Waals surface area contributed by atoms with Gasteiger partial charge in [0.15, 0.2) is 11.5 Å². The number of amides is 1. The number of aromatic nitrogens is 1. The molecule has 3 aromatic rings. The molecule has 0 saturated heterocycles. The quantitative estimate of drug-likeness (QED) is 0.384. The van der Waals surface area contributed by atoms with Crippen molar-refractivity contribution in [3.05, 3.63) is 76.5 Å². The van der Waals surface area contributed by atoms with Crippen molar-refractivity contribution in [2.24, 2.45) is 0 Å². The Morgan fingerprint density at radius 3 is 2.58 bits per heavy atom. The van der Waals surface area contributed by atoms with Crippen LogP contribution < -0.4 is 10.6 Å². The first-order chi connectivity index (χ1) is 12.6. The average Bonchev–Trinajstić information content (AvgIpc) is 3.16. The highest BCUT2D eigenvalue weighted by Gasteiger charge is 2.14. The number of anilines is 1. The van der Waals surface area contributed by atoms with E-state index < -0.39 is 4.92 Å². The molecule has 0 spiro atoms. The highest BCUT2D eigenvalue weighted by Crippen LogP contribution is 2.22. The Bertz CT molecular complexity index is 908. The molecule has 0 atom stereocenters. The number of nitrogens with zero attached hydrogens (tertiary/aromatic N) is 2. The molecule has 0 unspecified atom stereocenters. The predicted molar refractivity (Wildman–Crippen MR) is 95.9 cm³/mol. The molecular formula is C18H16N4O4. The van der Waals surface area contributed by atoms with Crippen LogP contribution in [0.3, 0.4) is 0 Å². The van der Waals surface area contributed by atoms with E-state index in [0.29, 0.717) is 18.0 Å². The van der Waals surface area contributed by atoms with Gasteiger partial charge in [0.1, 0.15) is 5.69 Å². The van der Waals surface area contributed by atoms with Gasteiger partial charge in [0.2, 0.25) is 0 Å². The second kappa shape index (κ2) is 7.93. The first kappa shape index (κ1) is 17.2. The molecule has 0 radical (unpaired) electrons. The van der Waals surface area contributed by atoms with Crippen LogP contribution in [-0.2, 0) is 0 Å². The van der Waals surface area contributed by atoms with E-state index in [-0.39, 0.29) is 23.8 Å². The number of carbonyl (C=O) groups excluding carboxylic acids is 1. The van der Waals surface area contributed by atoms with E-state index in [9.17, 15) is 14.9 Å². The number of hydrogen-bond donors (Lipinski definition) is 2. The van der Waals surface area contributed by atoms with Crippen molar-refractivity contribution in [1.29, 1.82) is 0 Å². The van der Waals surface area contributed by atoms with Gasteiger partial charge in [-0.25, -0.2) is 0 Å². The SMILES string of the molecule is O=C(NCCNc1ccccc1[N+](=O)[O-])c1cc(-c2ccccc2)on1. The zero-order chi connectivity index (χ0) is 18.4. The Labute approximate surface area is 149 Å². The molecule has 26 heavy (non-hydrogen) atoms. The van der Waals surface area contributed by atoms with Gasteiger partial charge in [0.05, 0.1) is 4.92 Å². The van der Waals surface area contributed by atoms with E-state index in [4.69, 9.17) is 4.52 Å². The number of hydrogen-bond acceptors (Lipinski definition) is 6. The largest absolute Gasteiger partial charge is 0.378 e. The molecule has 2 aromatic carbocycles. The summed E-state index contributed by atoms with van der Waals surface area (Å²) in [5.74, 6) is 0.133. The Balaban J connectivity index is 1.52. The normalized spacial score (nSPS) is 10.3. The molecular weight excluding hydrogens is 336 g/mol. The minimum Gasteiger partial charge on any atom is -0.378 e. The van der Waals surface area contributed by atoms with Crippen molar-refractivity contribution < 1.29 is 14.2 Å². The molecule has 1 aromatic heterocycles. The monoisotopic (exact) mass is 352 g/mol. The second-order valence-electron chi connectivity index (χ2n) is 5.40. The Hall–Kier alpha value is -3.68. The number of benzene rings is 2. The molecule has 0 aliphatic heterocycles. The fraction of sp³-hybridized carbons (Fsp3) is 0.111. The molecule has 1 heterocycles. The van der Waals surface area contributed by atoms with Crippen molar-refractivity contribution in [2.45, 2.75) is 0 Å². The maximum Gasteiger partial charge on any atom is 0.292 e. The molecule has 1 amide bonds. The lowest BCUT2D eigenvalue weighted by molar-refractivity contribution is -0.384. The molecule has 132 valence electrons. The highest BCUT2D eigenvalue weighted by molar-refractivity contribution is 5.93. The second-order valence-corrected chi connectivity index (χ2v) is 5.40. The molecule has 0 bridgehead atoms. The highest BCUT2D eigenvalue weighted by atomic mass is 16.6. The lowest BCUT2D eigenvalue weighted by Crippen LogP contribution is -2.29. The van der Waals surface area contributed by atoms with Crippen LogP contribution in [0.1, 0.15) is 10.5 Å². The maximum atomic E-state index is 12.1. The summed E-state index contributed by atoms with van der Waals surface area (Å²) in [6, 6.07) is 17.2. The van der Waals surface area contributed by atoms with Crippen LogP contribution in [0.2, 0.25) is 0 Å². The molecule has 0 aliphatic carbocycles. The predicted octanol–water partition coefficient (Wildman–Crippen LogP) is 3.09.